The summed E-state index contributed by atoms with van der Waals surface area (Å²) in [7, 11) is -4.19. The predicted octanol–water partition coefficient (Wildman–Crippen LogP) is 5.03. The van der Waals surface area contributed by atoms with Crippen molar-refractivity contribution in [3.8, 4) is 5.75 Å². The summed E-state index contributed by atoms with van der Waals surface area (Å²) in [6, 6.07) is 7.58. The summed E-state index contributed by atoms with van der Waals surface area (Å²) in [5.41, 5.74) is -0.781. The molecule has 0 bridgehead atoms. The van der Waals surface area contributed by atoms with E-state index in [1.807, 2.05) is 20.8 Å². The minimum Gasteiger partial charge on any atom is -0.490 e. The molecule has 0 saturated heterocycles. The van der Waals surface area contributed by atoms with Gasteiger partial charge in [-0.3, -0.25) is 4.79 Å². The maximum Gasteiger partial charge on any atom is 0.225 e. The van der Waals surface area contributed by atoms with Crippen molar-refractivity contribution in [2.45, 2.75) is 55.8 Å². The van der Waals surface area contributed by atoms with E-state index < -0.39 is 37.6 Å². The Labute approximate surface area is 215 Å². The van der Waals surface area contributed by atoms with Crippen LogP contribution in [0.1, 0.15) is 45.6 Å². The molecule has 1 fully saturated rings. The lowest BCUT2D eigenvalue weighted by Gasteiger charge is -2.48. The number of sulfone groups is 1. The molecule has 3 atom stereocenters. The van der Waals surface area contributed by atoms with E-state index in [0.717, 1.165) is 12.1 Å². The van der Waals surface area contributed by atoms with Gasteiger partial charge < -0.3 is 14.8 Å². The summed E-state index contributed by atoms with van der Waals surface area (Å²) in [5, 5.41) is 3.18. The summed E-state index contributed by atoms with van der Waals surface area (Å²) < 4.78 is 68.1. The first-order chi connectivity index (χ1) is 16.9. The van der Waals surface area contributed by atoms with E-state index in [-0.39, 0.29) is 54.3 Å². The molecule has 10 heteroatoms. The molecule has 0 aromatic heterocycles. The van der Waals surface area contributed by atoms with Gasteiger partial charge in [0.1, 0.15) is 10.6 Å². The van der Waals surface area contributed by atoms with Crippen molar-refractivity contribution in [2.24, 2.45) is 11.3 Å². The van der Waals surface area contributed by atoms with Crippen LogP contribution in [0.25, 0.3) is 0 Å². The highest BCUT2D eigenvalue weighted by atomic mass is 35.5. The van der Waals surface area contributed by atoms with Gasteiger partial charge in [0.2, 0.25) is 5.91 Å². The van der Waals surface area contributed by atoms with Crippen LogP contribution in [0.4, 0.5) is 8.78 Å². The molecule has 1 heterocycles. The number of ether oxygens (including phenoxy) is 2. The lowest BCUT2D eigenvalue weighted by molar-refractivity contribution is -0.128. The van der Waals surface area contributed by atoms with Gasteiger partial charge in [0.15, 0.2) is 21.4 Å². The highest BCUT2D eigenvalue weighted by molar-refractivity contribution is 7.92. The van der Waals surface area contributed by atoms with Crippen LogP contribution in [0.15, 0.2) is 41.3 Å². The smallest absolute Gasteiger partial charge is 0.225 e. The first kappa shape index (κ1) is 26.8. The molecular weight excluding hydrogens is 512 g/mol. The Morgan fingerprint density at radius 2 is 1.83 bits per heavy atom. The van der Waals surface area contributed by atoms with Crippen LogP contribution in [0.3, 0.4) is 0 Å². The molecule has 6 nitrogen and oxygen atoms in total. The van der Waals surface area contributed by atoms with Gasteiger partial charge in [0.05, 0.1) is 29.8 Å². The van der Waals surface area contributed by atoms with E-state index in [0.29, 0.717) is 18.0 Å². The van der Waals surface area contributed by atoms with Crippen molar-refractivity contribution in [1.82, 2.24) is 5.32 Å². The lowest BCUT2D eigenvalue weighted by Crippen LogP contribution is -2.53. The molecule has 1 aliphatic heterocycles. The normalized spacial score (nSPS) is 23.8. The van der Waals surface area contributed by atoms with Crippen molar-refractivity contribution in [2.75, 3.05) is 19.8 Å². The van der Waals surface area contributed by atoms with Crippen LogP contribution in [-0.2, 0) is 24.1 Å². The van der Waals surface area contributed by atoms with Gasteiger partial charge in [-0.05, 0) is 55.7 Å². The maximum absolute atomic E-state index is 15.3. The van der Waals surface area contributed by atoms with Gasteiger partial charge in [-0.15, -0.1) is 0 Å². The second kappa shape index (κ2) is 9.91. The van der Waals surface area contributed by atoms with Crippen LogP contribution in [-0.4, -0.2) is 40.2 Å². The monoisotopic (exact) mass is 541 g/mol. The molecule has 1 amide bonds. The van der Waals surface area contributed by atoms with Crippen LogP contribution in [0.2, 0.25) is 5.02 Å². The SMILES string of the molecule is CC(C)(C)C(=O)NCCO[C@@H]1CC[C@@]2(S(=O)(=O)c3ccc(Cl)cc3)c3c(F)ccc(F)c3OC[C@H]2C1. The van der Waals surface area contributed by atoms with E-state index in [1.165, 1.54) is 24.3 Å². The summed E-state index contributed by atoms with van der Waals surface area (Å²) in [5.74, 6) is -2.75. The Morgan fingerprint density at radius 1 is 1.17 bits per heavy atom. The van der Waals surface area contributed by atoms with E-state index in [9.17, 15) is 17.6 Å². The number of amides is 1. The fourth-order valence-electron chi connectivity index (χ4n) is 5.11. The average molecular weight is 542 g/mol. The molecule has 1 saturated carbocycles. The van der Waals surface area contributed by atoms with E-state index >= 15 is 4.39 Å². The molecule has 2 aromatic carbocycles. The number of hydrogen-bond acceptors (Lipinski definition) is 5. The highest BCUT2D eigenvalue weighted by Gasteiger charge is 2.59. The largest absolute Gasteiger partial charge is 0.490 e. The van der Waals surface area contributed by atoms with Crippen LogP contribution >= 0.6 is 11.6 Å². The molecule has 0 unspecified atom stereocenters. The molecule has 4 rings (SSSR count). The first-order valence-corrected chi connectivity index (χ1v) is 13.8. The number of hydrogen-bond donors (Lipinski definition) is 1. The third-order valence-electron chi connectivity index (χ3n) is 6.98. The quantitative estimate of drug-likeness (QED) is 0.519. The van der Waals surface area contributed by atoms with E-state index in [1.54, 1.807) is 0 Å². The number of carbonyl (C=O) groups is 1. The Hall–Kier alpha value is -2.23. The van der Waals surface area contributed by atoms with E-state index in [4.69, 9.17) is 21.1 Å². The summed E-state index contributed by atoms with van der Waals surface area (Å²) >= 11 is 5.97. The fraction of sp³-hybridized carbons (Fsp3) is 0.500. The Bertz CT molecular complexity index is 1250. The van der Waals surface area contributed by atoms with Crippen molar-refractivity contribution in [3.05, 3.63) is 58.6 Å². The van der Waals surface area contributed by atoms with Crippen LogP contribution in [0.5, 0.6) is 5.75 Å². The molecule has 196 valence electrons. The molecule has 2 aromatic rings. The fourth-order valence-corrected chi connectivity index (χ4v) is 7.60. The highest BCUT2D eigenvalue weighted by Crippen LogP contribution is 2.56. The van der Waals surface area contributed by atoms with Gasteiger partial charge in [-0.2, -0.15) is 0 Å². The molecule has 1 N–H and O–H groups in total. The van der Waals surface area contributed by atoms with Gasteiger partial charge >= 0.3 is 0 Å². The number of fused-ring (bicyclic) bond motifs is 3. The maximum atomic E-state index is 15.3. The Morgan fingerprint density at radius 3 is 2.50 bits per heavy atom. The Kier molecular flexibility index (Phi) is 7.38. The van der Waals surface area contributed by atoms with Crippen molar-refractivity contribution in [1.29, 1.82) is 0 Å². The number of benzene rings is 2. The average Bonchev–Trinajstić information content (AvgIpc) is 2.83. The van der Waals surface area contributed by atoms with E-state index in [2.05, 4.69) is 5.32 Å². The second-order valence-corrected chi connectivity index (χ2v) is 13.0. The van der Waals surface area contributed by atoms with Gasteiger partial charge in [0, 0.05) is 22.9 Å². The summed E-state index contributed by atoms with van der Waals surface area (Å²) in [6.45, 7) is 5.90. The topological polar surface area (TPSA) is 81.7 Å². The third-order valence-corrected chi connectivity index (χ3v) is 9.83. The molecule has 1 aliphatic carbocycles. The molecule has 2 aliphatic rings. The number of nitrogens with one attached hydrogen (secondary N) is 1. The standard InChI is InChI=1S/C26H30ClF2NO5S/c1-25(2,3)24(31)30-12-13-34-18-10-11-26(36(32,33)19-6-4-17(27)5-7-19)16(14-18)15-35-23-21(29)9-8-20(28)22(23)26/h4-9,16,18H,10-15H2,1-3H3,(H,30,31)/t16-,18-,26+/m1/s1. The molecule has 0 spiro atoms. The first-order valence-electron chi connectivity index (χ1n) is 11.9. The molecule has 0 radical (unpaired) electrons. The van der Waals surface area contributed by atoms with Crippen molar-refractivity contribution < 1.29 is 31.5 Å². The lowest BCUT2D eigenvalue weighted by atomic mass is 9.72. The minimum atomic E-state index is -4.19. The minimum absolute atomic E-state index is 0.0160. The van der Waals surface area contributed by atoms with Gasteiger partial charge in [-0.1, -0.05) is 32.4 Å². The number of halogens is 3. The van der Waals surface area contributed by atoms with Crippen molar-refractivity contribution in [3.63, 3.8) is 0 Å². The zero-order valence-electron chi connectivity index (χ0n) is 20.4. The zero-order chi connectivity index (χ0) is 26.3. The summed E-state index contributed by atoms with van der Waals surface area (Å²) in [6.07, 6.45) is 0.288. The third kappa shape index (κ3) is 4.73. The number of rotatable bonds is 6. The molecule has 36 heavy (non-hydrogen) atoms. The Balaban J connectivity index is 1.64. The number of carbonyl (C=O) groups excluding carboxylic acids is 1. The zero-order valence-corrected chi connectivity index (χ0v) is 22.0. The van der Waals surface area contributed by atoms with Crippen LogP contribution in [0, 0.1) is 23.0 Å². The predicted molar refractivity (Wildman–Crippen MR) is 132 cm³/mol. The van der Waals surface area contributed by atoms with Gasteiger partial charge in [0.25, 0.3) is 0 Å². The second-order valence-electron chi connectivity index (χ2n) is 10.4. The molecular formula is C26H30ClF2NO5S. The van der Waals surface area contributed by atoms with Gasteiger partial charge in [-0.25, -0.2) is 17.2 Å². The van der Waals surface area contributed by atoms with Crippen molar-refractivity contribution >= 4 is 27.3 Å². The summed E-state index contributed by atoms with van der Waals surface area (Å²) in [4.78, 5) is 12.0. The van der Waals surface area contributed by atoms with Crippen LogP contribution < -0.4 is 10.1 Å².